The average molecular weight is 303 g/mol. The lowest BCUT2D eigenvalue weighted by molar-refractivity contribution is -0.136. The van der Waals surface area contributed by atoms with Gasteiger partial charge in [0.25, 0.3) is 5.91 Å². The van der Waals surface area contributed by atoms with E-state index >= 15 is 0 Å². The van der Waals surface area contributed by atoms with Crippen molar-refractivity contribution in [3.05, 3.63) is 40.6 Å². The zero-order chi connectivity index (χ0) is 16.3. The van der Waals surface area contributed by atoms with Gasteiger partial charge >= 0.3 is 5.97 Å². The largest absolute Gasteiger partial charge is 0.504 e. The maximum Gasteiger partial charge on any atom is 0.340 e. The molecule has 6 heteroatoms. The molecule has 1 aromatic rings. The van der Waals surface area contributed by atoms with E-state index in [1.54, 1.807) is 32.1 Å². The SMILES string of the molecule is CCOc1cc(/C=C2\C(=O)NC(C)=C2C(=O)OC)ccc1O. The maximum atomic E-state index is 12.0. The number of ether oxygens (including phenoxy) is 2. The lowest BCUT2D eigenvalue weighted by atomic mass is 10.0. The molecule has 0 spiro atoms. The lowest BCUT2D eigenvalue weighted by Gasteiger charge is -2.07. The zero-order valence-electron chi connectivity index (χ0n) is 12.6. The first kappa shape index (κ1) is 15.6. The van der Waals surface area contributed by atoms with Gasteiger partial charge in [-0.2, -0.15) is 0 Å². The number of hydrogen-bond acceptors (Lipinski definition) is 5. The van der Waals surface area contributed by atoms with Crippen molar-refractivity contribution >= 4 is 18.0 Å². The minimum Gasteiger partial charge on any atom is -0.504 e. The number of methoxy groups -OCH3 is 1. The summed E-state index contributed by atoms with van der Waals surface area (Å²) >= 11 is 0. The van der Waals surface area contributed by atoms with Gasteiger partial charge < -0.3 is 19.9 Å². The summed E-state index contributed by atoms with van der Waals surface area (Å²) in [6.45, 7) is 3.84. The molecule has 1 amide bonds. The van der Waals surface area contributed by atoms with Crippen LogP contribution in [0.5, 0.6) is 11.5 Å². The van der Waals surface area contributed by atoms with E-state index in [0.29, 0.717) is 23.6 Å². The molecule has 0 saturated heterocycles. The van der Waals surface area contributed by atoms with E-state index in [4.69, 9.17) is 9.47 Å². The Hall–Kier alpha value is -2.76. The number of phenols is 1. The number of rotatable bonds is 4. The number of aromatic hydroxyl groups is 1. The topological polar surface area (TPSA) is 84.9 Å². The summed E-state index contributed by atoms with van der Waals surface area (Å²) in [6, 6.07) is 4.70. The molecule has 1 heterocycles. The second kappa shape index (κ2) is 6.34. The Morgan fingerprint density at radius 1 is 1.41 bits per heavy atom. The number of carbonyl (C=O) groups excluding carboxylic acids is 2. The van der Waals surface area contributed by atoms with Gasteiger partial charge in [0.15, 0.2) is 11.5 Å². The Morgan fingerprint density at radius 3 is 2.77 bits per heavy atom. The monoisotopic (exact) mass is 303 g/mol. The molecule has 22 heavy (non-hydrogen) atoms. The van der Waals surface area contributed by atoms with Gasteiger partial charge in [0.1, 0.15) is 0 Å². The Balaban J connectivity index is 2.45. The normalized spacial score (nSPS) is 16.0. The van der Waals surface area contributed by atoms with Crippen molar-refractivity contribution in [2.24, 2.45) is 0 Å². The Bertz CT molecular complexity index is 688. The molecular formula is C16H17NO5. The molecule has 1 aromatic carbocycles. The van der Waals surface area contributed by atoms with Gasteiger partial charge in [0, 0.05) is 5.70 Å². The highest BCUT2D eigenvalue weighted by molar-refractivity contribution is 6.16. The van der Waals surface area contributed by atoms with Crippen molar-refractivity contribution in [3.63, 3.8) is 0 Å². The van der Waals surface area contributed by atoms with Crippen molar-refractivity contribution in [2.75, 3.05) is 13.7 Å². The summed E-state index contributed by atoms with van der Waals surface area (Å²) in [5.74, 6) is -0.620. The molecule has 0 saturated carbocycles. The summed E-state index contributed by atoms with van der Waals surface area (Å²) in [4.78, 5) is 23.8. The van der Waals surface area contributed by atoms with Gasteiger partial charge in [-0.3, -0.25) is 4.79 Å². The number of esters is 1. The molecule has 0 bridgehead atoms. The van der Waals surface area contributed by atoms with E-state index < -0.39 is 5.97 Å². The van der Waals surface area contributed by atoms with Crippen LogP contribution >= 0.6 is 0 Å². The molecule has 2 N–H and O–H groups in total. The molecular weight excluding hydrogens is 286 g/mol. The molecule has 1 aliphatic heterocycles. The number of carbonyl (C=O) groups is 2. The summed E-state index contributed by atoms with van der Waals surface area (Å²) in [5, 5.41) is 12.3. The minimum atomic E-state index is -0.578. The molecule has 116 valence electrons. The lowest BCUT2D eigenvalue weighted by Crippen LogP contribution is -2.15. The third-order valence-corrected chi connectivity index (χ3v) is 3.17. The van der Waals surface area contributed by atoms with Gasteiger partial charge in [0.2, 0.25) is 0 Å². The molecule has 0 atom stereocenters. The van der Waals surface area contributed by atoms with E-state index in [2.05, 4.69) is 5.32 Å². The molecule has 0 unspecified atom stereocenters. The number of phenolic OH excluding ortho intramolecular Hbond substituents is 1. The number of amides is 1. The smallest absolute Gasteiger partial charge is 0.340 e. The Morgan fingerprint density at radius 2 is 2.14 bits per heavy atom. The fourth-order valence-electron chi connectivity index (χ4n) is 2.18. The molecule has 0 fully saturated rings. The Kier molecular flexibility index (Phi) is 4.50. The van der Waals surface area contributed by atoms with E-state index in [9.17, 15) is 14.7 Å². The van der Waals surface area contributed by atoms with Crippen molar-refractivity contribution in [2.45, 2.75) is 13.8 Å². The summed E-state index contributed by atoms with van der Waals surface area (Å²) in [5.41, 5.74) is 1.51. The summed E-state index contributed by atoms with van der Waals surface area (Å²) in [6.07, 6.45) is 1.56. The maximum absolute atomic E-state index is 12.0. The molecule has 0 radical (unpaired) electrons. The van der Waals surface area contributed by atoms with Crippen molar-refractivity contribution in [3.8, 4) is 11.5 Å². The third-order valence-electron chi connectivity index (χ3n) is 3.17. The highest BCUT2D eigenvalue weighted by atomic mass is 16.5. The highest BCUT2D eigenvalue weighted by Gasteiger charge is 2.30. The van der Waals surface area contributed by atoms with Gasteiger partial charge in [-0.1, -0.05) is 6.07 Å². The number of benzene rings is 1. The minimum absolute atomic E-state index is 0.0137. The first-order valence-corrected chi connectivity index (χ1v) is 6.76. The van der Waals surface area contributed by atoms with E-state index in [0.717, 1.165) is 0 Å². The van der Waals surface area contributed by atoms with Gasteiger partial charge in [-0.25, -0.2) is 4.79 Å². The fraction of sp³-hybridized carbons (Fsp3) is 0.250. The van der Waals surface area contributed by atoms with E-state index in [1.807, 2.05) is 0 Å². The van der Waals surface area contributed by atoms with Crippen LogP contribution < -0.4 is 10.1 Å². The fourth-order valence-corrected chi connectivity index (χ4v) is 2.18. The molecule has 0 aromatic heterocycles. The average Bonchev–Trinajstić information content (AvgIpc) is 2.76. The van der Waals surface area contributed by atoms with Crippen LogP contribution in [0.2, 0.25) is 0 Å². The summed E-state index contributed by atoms with van der Waals surface area (Å²) < 4.78 is 10.0. The van der Waals surface area contributed by atoms with Crippen molar-refractivity contribution < 1.29 is 24.2 Å². The van der Waals surface area contributed by atoms with E-state index in [-0.39, 0.29) is 22.8 Å². The molecule has 0 aliphatic carbocycles. The third kappa shape index (κ3) is 2.95. The predicted octanol–water partition coefficient (Wildman–Crippen LogP) is 1.75. The van der Waals surface area contributed by atoms with Crippen LogP contribution in [0.15, 0.2) is 35.0 Å². The van der Waals surface area contributed by atoms with Gasteiger partial charge in [-0.05, 0) is 37.6 Å². The van der Waals surface area contributed by atoms with Gasteiger partial charge in [-0.15, -0.1) is 0 Å². The van der Waals surface area contributed by atoms with Crippen LogP contribution in [0.1, 0.15) is 19.4 Å². The summed E-state index contributed by atoms with van der Waals surface area (Å²) in [7, 11) is 1.26. The van der Waals surface area contributed by atoms with Crippen LogP contribution in [-0.4, -0.2) is 30.7 Å². The van der Waals surface area contributed by atoms with Crippen molar-refractivity contribution in [1.82, 2.24) is 5.32 Å². The van der Waals surface area contributed by atoms with Crippen LogP contribution in [0.3, 0.4) is 0 Å². The molecule has 6 nitrogen and oxygen atoms in total. The second-order valence-corrected chi connectivity index (χ2v) is 4.66. The van der Waals surface area contributed by atoms with Crippen LogP contribution in [-0.2, 0) is 14.3 Å². The number of hydrogen-bond donors (Lipinski definition) is 2. The quantitative estimate of drug-likeness (QED) is 0.654. The van der Waals surface area contributed by atoms with Crippen LogP contribution in [0, 0.1) is 0 Å². The predicted molar refractivity (Wildman–Crippen MR) is 80.1 cm³/mol. The second-order valence-electron chi connectivity index (χ2n) is 4.66. The van der Waals surface area contributed by atoms with Gasteiger partial charge in [0.05, 0.1) is 24.9 Å². The van der Waals surface area contributed by atoms with Crippen LogP contribution in [0.25, 0.3) is 6.08 Å². The first-order chi connectivity index (χ1) is 10.5. The van der Waals surface area contributed by atoms with E-state index in [1.165, 1.54) is 13.2 Å². The molecule has 2 rings (SSSR count). The zero-order valence-corrected chi connectivity index (χ0v) is 12.6. The molecule has 1 aliphatic rings. The highest BCUT2D eigenvalue weighted by Crippen LogP contribution is 2.30. The standard InChI is InChI=1S/C16H17NO5/c1-4-22-13-8-10(5-6-12(13)18)7-11-14(16(20)21-3)9(2)17-15(11)19/h5-8,18H,4H2,1-3H3,(H,17,19)/b11-7-. The van der Waals surface area contributed by atoms with Crippen molar-refractivity contribution in [1.29, 1.82) is 0 Å². The first-order valence-electron chi connectivity index (χ1n) is 6.76. The number of allylic oxidation sites excluding steroid dienone is 1. The Labute approximate surface area is 128 Å². The number of nitrogens with one attached hydrogen (secondary N) is 1. The van der Waals surface area contributed by atoms with Crippen LogP contribution in [0.4, 0.5) is 0 Å².